The number of ether oxygens (including phenoxy) is 1. The number of methoxy groups -OCH3 is 1. The second-order valence-corrected chi connectivity index (χ2v) is 6.97. The van der Waals surface area contributed by atoms with E-state index >= 15 is 0 Å². The molecule has 0 spiro atoms. The van der Waals surface area contributed by atoms with Crippen molar-refractivity contribution < 1.29 is 28.8 Å². The van der Waals surface area contributed by atoms with E-state index in [1.54, 1.807) is 6.92 Å². The van der Waals surface area contributed by atoms with Gasteiger partial charge >= 0.3 is 5.97 Å². The molecule has 0 bridgehead atoms. The third-order valence-electron chi connectivity index (χ3n) is 5.25. The Morgan fingerprint density at radius 1 is 1.30 bits per heavy atom. The highest BCUT2D eigenvalue weighted by atomic mass is 16.5. The molecule has 0 radical (unpaired) electrons. The maximum Gasteiger partial charge on any atom is 0.307 e. The van der Waals surface area contributed by atoms with Crippen LogP contribution in [-0.2, 0) is 14.3 Å². The predicted molar refractivity (Wildman–Crippen MR) is 109 cm³/mol. The quantitative estimate of drug-likeness (QED) is 0.541. The number of aromatic nitrogens is 1. The molecular weight excluding hydrogens is 390 g/mol. The lowest BCUT2D eigenvalue weighted by Gasteiger charge is -2.25. The molecule has 30 heavy (non-hydrogen) atoms. The molecule has 1 fully saturated rings. The molecule has 1 aromatic carbocycles. The largest absolute Gasteiger partial charge is 0.483 e. The third-order valence-corrected chi connectivity index (χ3v) is 5.25. The summed E-state index contributed by atoms with van der Waals surface area (Å²) in [7, 11) is 3.39. The van der Waals surface area contributed by atoms with Crippen LogP contribution in [0.15, 0.2) is 34.9 Å². The van der Waals surface area contributed by atoms with Crippen LogP contribution in [0.5, 0.6) is 0 Å². The van der Waals surface area contributed by atoms with Crippen LogP contribution < -0.4 is 5.32 Å². The molecule has 1 aliphatic rings. The molecule has 1 aliphatic heterocycles. The number of nitrogens with zero attached hydrogens (tertiary/aromatic N) is 2. The van der Waals surface area contributed by atoms with Gasteiger partial charge in [-0.2, -0.15) is 0 Å². The molecular formula is C21H27N3O6. The molecule has 2 atom stereocenters. The predicted octanol–water partition coefficient (Wildman–Crippen LogP) is 2.11. The zero-order chi connectivity index (χ0) is 22.1. The van der Waals surface area contributed by atoms with Gasteiger partial charge < -0.3 is 19.7 Å². The van der Waals surface area contributed by atoms with Crippen LogP contribution in [0.2, 0.25) is 0 Å². The van der Waals surface area contributed by atoms with Gasteiger partial charge in [0, 0.05) is 24.2 Å². The number of esters is 1. The van der Waals surface area contributed by atoms with Crippen LogP contribution >= 0.6 is 0 Å². The number of carbonyl (C=O) groups is 3. The highest BCUT2D eigenvalue weighted by Crippen LogP contribution is 2.26. The Hall–Kier alpha value is -3.20. The van der Waals surface area contributed by atoms with Crippen LogP contribution in [0.1, 0.15) is 35.4 Å². The number of hydrogen-bond acceptors (Lipinski definition) is 7. The van der Waals surface area contributed by atoms with Crippen molar-refractivity contribution in [3.8, 4) is 11.3 Å². The Kier molecular flexibility index (Phi) is 8.54. The van der Waals surface area contributed by atoms with Crippen LogP contribution in [0, 0.1) is 6.92 Å². The van der Waals surface area contributed by atoms with Gasteiger partial charge in [0.05, 0.1) is 13.5 Å². The van der Waals surface area contributed by atoms with Crippen LogP contribution in [0.3, 0.4) is 0 Å². The molecule has 1 aromatic heterocycles. The molecule has 0 aliphatic carbocycles. The molecule has 2 aromatic rings. The Labute approximate surface area is 175 Å². The summed E-state index contributed by atoms with van der Waals surface area (Å²) in [6, 6.07) is 9.84. The van der Waals surface area contributed by atoms with Gasteiger partial charge in [-0.25, -0.2) is 0 Å². The molecule has 162 valence electrons. The van der Waals surface area contributed by atoms with E-state index in [2.05, 4.69) is 15.4 Å². The van der Waals surface area contributed by atoms with Crippen molar-refractivity contribution in [2.75, 3.05) is 20.7 Å². The lowest BCUT2D eigenvalue weighted by molar-refractivity contribution is -0.141. The molecule has 0 unspecified atom stereocenters. The molecule has 1 saturated heterocycles. The smallest absolute Gasteiger partial charge is 0.307 e. The summed E-state index contributed by atoms with van der Waals surface area (Å²) in [4.78, 5) is 34.8. The first-order chi connectivity index (χ1) is 14.4. The van der Waals surface area contributed by atoms with E-state index in [4.69, 9.17) is 19.2 Å². The lowest BCUT2D eigenvalue weighted by atomic mass is 10.1. The number of benzene rings is 1. The Bertz CT molecular complexity index is 852. The minimum atomic E-state index is -0.250. The van der Waals surface area contributed by atoms with Crippen LogP contribution in [-0.4, -0.2) is 66.3 Å². The van der Waals surface area contributed by atoms with Crippen molar-refractivity contribution >= 4 is 18.3 Å². The van der Waals surface area contributed by atoms with Gasteiger partial charge in [0.15, 0.2) is 0 Å². The van der Waals surface area contributed by atoms with E-state index in [-0.39, 0.29) is 30.4 Å². The fraction of sp³-hybridized carbons (Fsp3) is 0.429. The minimum absolute atomic E-state index is 0.150. The highest BCUT2D eigenvalue weighted by Gasteiger charge is 2.32. The van der Waals surface area contributed by atoms with Gasteiger partial charge in [0.2, 0.25) is 0 Å². The molecule has 9 nitrogen and oxygen atoms in total. The number of rotatable bonds is 6. The Balaban J connectivity index is 0.00000101. The Morgan fingerprint density at radius 3 is 2.57 bits per heavy atom. The summed E-state index contributed by atoms with van der Waals surface area (Å²) < 4.78 is 10.0. The normalized spacial score (nSPS) is 18.2. The van der Waals surface area contributed by atoms with Crippen molar-refractivity contribution in [1.82, 2.24) is 15.4 Å². The van der Waals surface area contributed by atoms with Crippen LogP contribution in [0.25, 0.3) is 11.3 Å². The van der Waals surface area contributed by atoms with Gasteiger partial charge in [0.25, 0.3) is 12.4 Å². The summed E-state index contributed by atoms with van der Waals surface area (Å²) in [5.74, 6) is 0.0938. The average molecular weight is 417 g/mol. The van der Waals surface area contributed by atoms with Gasteiger partial charge in [-0.05, 0) is 26.8 Å². The van der Waals surface area contributed by atoms with E-state index in [9.17, 15) is 9.59 Å². The van der Waals surface area contributed by atoms with Crippen molar-refractivity contribution in [1.29, 1.82) is 0 Å². The number of aryl methyl sites for hydroxylation is 1. The second-order valence-electron chi connectivity index (χ2n) is 6.97. The van der Waals surface area contributed by atoms with E-state index < -0.39 is 0 Å². The lowest BCUT2D eigenvalue weighted by Crippen LogP contribution is -2.41. The number of likely N-dealkylation sites (N-methyl/N-ethyl adjacent to an activating group) is 1. The average Bonchev–Trinajstić information content (AvgIpc) is 3.30. The fourth-order valence-corrected chi connectivity index (χ4v) is 3.59. The summed E-state index contributed by atoms with van der Waals surface area (Å²) in [6.07, 6.45) is 2.21. The number of carbonyl (C=O) groups excluding carboxylic acids is 2. The van der Waals surface area contributed by atoms with Crippen molar-refractivity contribution in [2.45, 2.75) is 38.3 Å². The molecule has 1 amide bonds. The molecule has 0 saturated carbocycles. The first-order valence-corrected chi connectivity index (χ1v) is 9.59. The summed E-state index contributed by atoms with van der Waals surface area (Å²) >= 11 is 0. The number of likely N-dealkylation sites (tertiary alicyclic amines) is 1. The fourth-order valence-electron chi connectivity index (χ4n) is 3.59. The van der Waals surface area contributed by atoms with Crippen molar-refractivity contribution in [2.24, 2.45) is 0 Å². The van der Waals surface area contributed by atoms with Crippen molar-refractivity contribution in [3.63, 3.8) is 0 Å². The van der Waals surface area contributed by atoms with E-state index in [1.165, 1.54) is 7.11 Å². The van der Waals surface area contributed by atoms with Gasteiger partial charge in [-0.3, -0.25) is 19.3 Å². The summed E-state index contributed by atoms with van der Waals surface area (Å²) in [5.41, 5.74) is 1.86. The standard InChI is InChI=1S/C20H25N3O4.CH2O2/c1-13-18(19(22-27-13)14-7-5-4-6-8-14)20(25)21-12-16-10-9-15(23(16)2)11-17(24)26-3;2-1-3/h4-8,15-16H,9-12H2,1-3H3,(H,21,25);1H,(H,2,3)/t15-,16+;/m1./s1. The minimum Gasteiger partial charge on any atom is -0.483 e. The second kappa shape index (κ2) is 11.1. The zero-order valence-electron chi connectivity index (χ0n) is 17.3. The first-order valence-electron chi connectivity index (χ1n) is 9.59. The van der Waals surface area contributed by atoms with Gasteiger partial charge in [-0.1, -0.05) is 35.5 Å². The van der Waals surface area contributed by atoms with E-state index in [1.807, 2.05) is 37.4 Å². The maximum absolute atomic E-state index is 12.8. The van der Waals surface area contributed by atoms with Crippen molar-refractivity contribution in [3.05, 3.63) is 41.7 Å². The summed E-state index contributed by atoms with van der Waals surface area (Å²) in [5, 5.41) is 13.9. The third kappa shape index (κ3) is 5.66. The van der Waals surface area contributed by atoms with Gasteiger partial charge in [0.1, 0.15) is 17.0 Å². The number of carboxylic acid groups (broad SMARTS) is 1. The molecule has 3 rings (SSSR count). The van der Waals surface area contributed by atoms with Gasteiger partial charge in [-0.15, -0.1) is 0 Å². The number of hydrogen-bond donors (Lipinski definition) is 2. The highest BCUT2D eigenvalue weighted by molar-refractivity contribution is 6.00. The van der Waals surface area contributed by atoms with E-state index in [0.717, 1.165) is 18.4 Å². The maximum atomic E-state index is 12.8. The number of amides is 1. The molecule has 9 heteroatoms. The van der Waals surface area contributed by atoms with Crippen LogP contribution in [0.4, 0.5) is 0 Å². The Morgan fingerprint density at radius 2 is 1.93 bits per heavy atom. The summed E-state index contributed by atoms with van der Waals surface area (Å²) in [6.45, 7) is 1.99. The first kappa shape index (κ1) is 23.1. The van der Waals surface area contributed by atoms with E-state index in [0.29, 0.717) is 30.0 Å². The topological polar surface area (TPSA) is 122 Å². The number of nitrogens with one attached hydrogen (secondary N) is 1. The SMILES string of the molecule is COC(=O)C[C@H]1CC[C@@H](CNC(=O)c2c(-c3ccccc3)noc2C)N1C.O=CO. The molecule has 2 heterocycles. The monoisotopic (exact) mass is 417 g/mol. The molecule has 2 N–H and O–H groups in total. The zero-order valence-corrected chi connectivity index (χ0v) is 17.3.